The van der Waals surface area contributed by atoms with Crippen LogP contribution < -0.4 is 11.1 Å². The lowest BCUT2D eigenvalue weighted by Gasteiger charge is -2.15. The normalized spacial score (nSPS) is 11.8. The SMILES string of the molecule is CCC(CN)Nc1cccc(C#N)c1. The summed E-state index contributed by atoms with van der Waals surface area (Å²) < 4.78 is 0. The Labute approximate surface area is 84.5 Å². The average Bonchev–Trinajstić information content (AvgIpc) is 2.26. The molecule has 0 spiro atoms. The Kier molecular flexibility index (Phi) is 3.96. The van der Waals surface area contributed by atoms with Gasteiger partial charge in [-0.15, -0.1) is 0 Å². The fraction of sp³-hybridized carbons (Fsp3) is 0.364. The first-order valence-corrected chi connectivity index (χ1v) is 4.77. The molecule has 0 bridgehead atoms. The summed E-state index contributed by atoms with van der Waals surface area (Å²) in [4.78, 5) is 0. The van der Waals surface area contributed by atoms with Gasteiger partial charge in [-0.25, -0.2) is 0 Å². The lowest BCUT2D eigenvalue weighted by atomic mass is 10.2. The second kappa shape index (κ2) is 5.25. The van der Waals surface area contributed by atoms with Crippen LogP contribution in [0.3, 0.4) is 0 Å². The molecule has 1 aromatic rings. The summed E-state index contributed by atoms with van der Waals surface area (Å²) in [6.45, 7) is 2.69. The van der Waals surface area contributed by atoms with Crippen molar-refractivity contribution in [3.8, 4) is 6.07 Å². The molecule has 1 atom stereocenters. The van der Waals surface area contributed by atoms with E-state index in [1.165, 1.54) is 0 Å². The standard InChI is InChI=1S/C11H15N3/c1-2-10(8-13)14-11-5-3-4-9(6-11)7-12/h3-6,10,14H,2,8,13H2,1H3. The zero-order valence-electron chi connectivity index (χ0n) is 8.33. The number of hydrogen-bond acceptors (Lipinski definition) is 3. The Hall–Kier alpha value is -1.53. The van der Waals surface area contributed by atoms with Crippen molar-refractivity contribution in [1.82, 2.24) is 0 Å². The molecule has 0 fully saturated rings. The van der Waals surface area contributed by atoms with Crippen molar-refractivity contribution in [2.75, 3.05) is 11.9 Å². The van der Waals surface area contributed by atoms with Gasteiger partial charge in [0, 0.05) is 18.3 Å². The van der Waals surface area contributed by atoms with Crippen molar-refractivity contribution in [2.45, 2.75) is 19.4 Å². The Morgan fingerprint density at radius 1 is 1.57 bits per heavy atom. The molecule has 1 aromatic carbocycles. The summed E-state index contributed by atoms with van der Waals surface area (Å²) in [7, 11) is 0. The van der Waals surface area contributed by atoms with Crippen LogP contribution in [-0.4, -0.2) is 12.6 Å². The predicted octanol–water partition coefficient (Wildman–Crippen LogP) is 1.71. The van der Waals surface area contributed by atoms with Crippen molar-refractivity contribution in [2.24, 2.45) is 5.73 Å². The Morgan fingerprint density at radius 3 is 2.93 bits per heavy atom. The zero-order valence-corrected chi connectivity index (χ0v) is 8.33. The molecule has 3 nitrogen and oxygen atoms in total. The molecule has 0 aromatic heterocycles. The number of nitrogens with two attached hydrogens (primary N) is 1. The minimum absolute atomic E-state index is 0.281. The van der Waals surface area contributed by atoms with Crippen LogP contribution >= 0.6 is 0 Å². The number of rotatable bonds is 4. The Morgan fingerprint density at radius 2 is 2.36 bits per heavy atom. The number of hydrogen-bond donors (Lipinski definition) is 2. The second-order valence-electron chi connectivity index (χ2n) is 3.18. The quantitative estimate of drug-likeness (QED) is 0.758. The van der Waals surface area contributed by atoms with Crippen LogP contribution in [0.25, 0.3) is 0 Å². The molecule has 1 unspecified atom stereocenters. The van der Waals surface area contributed by atoms with Crippen molar-refractivity contribution >= 4 is 5.69 Å². The number of anilines is 1. The van der Waals surface area contributed by atoms with Gasteiger partial charge in [0.25, 0.3) is 0 Å². The van der Waals surface area contributed by atoms with E-state index in [9.17, 15) is 0 Å². The molecule has 0 aliphatic heterocycles. The van der Waals surface area contributed by atoms with E-state index in [0.29, 0.717) is 12.1 Å². The van der Waals surface area contributed by atoms with Gasteiger partial charge in [-0.05, 0) is 24.6 Å². The Balaban J connectivity index is 2.72. The molecule has 0 saturated heterocycles. The monoisotopic (exact) mass is 189 g/mol. The van der Waals surface area contributed by atoms with Gasteiger partial charge in [0.1, 0.15) is 0 Å². The summed E-state index contributed by atoms with van der Waals surface area (Å²) in [6, 6.07) is 9.81. The fourth-order valence-corrected chi connectivity index (χ4v) is 1.24. The second-order valence-corrected chi connectivity index (χ2v) is 3.18. The van der Waals surface area contributed by atoms with Crippen LogP contribution in [0.4, 0.5) is 5.69 Å². The molecule has 74 valence electrons. The molecule has 0 saturated carbocycles. The molecule has 1 rings (SSSR count). The molecule has 3 heteroatoms. The maximum Gasteiger partial charge on any atom is 0.0992 e. The third-order valence-corrected chi connectivity index (χ3v) is 2.14. The number of benzene rings is 1. The van der Waals surface area contributed by atoms with Gasteiger partial charge < -0.3 is 11.1 Å². The summed E-state index contributed by atoms with van der Waals surface area (Å²) in [5.41, 5.74) is 7.20. The third-order valence-electron chi connectivity index (χ3n) is 2.14. The van der Waals surface area contributed by atoms with Gasteiger partial charge in [0.15, 0.2) is 0 Å². The number of nitriles is 1. The summed E-state index contributed by atoms with van der Waals surface area (Å²) in [5, 5.41) is 12.0. The number of nitrogens with zero attached hydrogens (tertiary/aromatic N) is 1. The van der Waals surface area contributed by atoms with Crippen molar-refractivity contribution in [1.29, 1.82) is 5.26 Å². The lowest BCUT2D eigenvalue weighted by Crippen LogP contribution is -2.27. The van der Waals surface area contributed by atoms with Crippen LogP contribution in [-0.2, 0) is 0 Å². The van der Waals surface area contributed by atoms with E-state index in [4.69, 9.17) is 11.0 Å². The van der Waals surface area contributed by atoms with Crippen LogP contribution in [0.2, 0.25) is 0 Å². The highest BCUT2D eigenvalue weighted by Gasteiger charge is 2.02. The van der Waals surface area contributed by atoms with Crippen molar-refractivity contribution < 1.29 is 0 Å². The van der Waals surface area contributed by atoms with Crippen LogP contribution in [0.1, 0.15) is 18.9 Å². The molecule has 0 aliphatic carbocycles. The molecule has 0 heterocycles. The molecule has 0 amide bonds. The third kappa shape index (κ3) is 2.75. The predicted molar refractivity (Wildman–Crippen MR) is 57.9 cm³/mol. The topological polar surface area (TPSA) is 61.8 Å². The van der Waals surface area contributed by atoms with Gasteiger partial charge >= 0.3 is 0 Å². The maximum absolute atomic E-state index is 8.71. The Bertz CT molecular complexity index is 324. The van der Waals surface area contributed by atoms with Crippen molar-refractivity contribution in [3.63, 3.8) is 0 Å². The maximum atomic E-state index is 8.71. The van der Waals surface area contributed by atoms with Gasteiger partial charge in [0.05, 0.1) is 11.6 Å². The first-order chi connectivity index (χ1) is 6.80. The summed E-state index contributed by atoms with van der Waals surface area (Å²) in [6.07, 6.45) is 0.979. The highest BCUT2D eigenvalue weighted by atomic mass is 14.9. The minimum Gasteiger partial charge on any atom is -0.381 e. The summed E-state index contributed by atoms with van der Waals surface area (Å²) in [5.74, 6) is 0. The highest BCUT2D eigenvalue weighted by molar-refractivity contribution is 5.49. The lowest BCUT2D eigenvalue weighted by molar-refractivity contribution is 0.703. The molecule has 3 N–H and O–H groups in total. The smallest absolute Gasteiger partial charge is 0.0992 e. The number of nitrogens with one attached hydrogen (secondary N) is 1. The highest BCUT2D eigenvalue weighted by Crippen LogP contribution is 2.11. The molecule has 0 radical (unpaired) electrons. The largest absolute Gasteiger partial charge is 0.381 e. The fourth-order valence-electron chi connectivity index (χ4n) is 1.24. The van der Waals surface area contributed by atoms with Gasteiger partial charge in [-0.3, -0.25) is 0 Å². The van der Waals surface area contributed by atoms with Gasteiger partial charge in [-0.1, -0.05) is 13.0 Å². The van der Waals surface area contributed by atoms with E-state index in [0.717, 1.165) is 12.1 Å². The van der Waals surface area contributed by atoms with E-state index >= 15 is 0 Å². The van der Waals surface area contributed by atoms with Crippen molar-refractivity contribution in [3.05, 3.63) is 29.8 Å². The molecule has 14 heavy (non-hydrogen) atoms. The first kappa shape index (κ1) is 10.6. The first-order valence-electron chi connectivity index (χ1n) is 4.77. The van der Waals surface area contributed by atoms with Crippen LogP contribution in [0.5, 0.6) is 0 Å². The average molecular weight is 189 g/mol. The van der Waals surface area contributed by atoms with Crippen LogP contribution in [0, 0.1) is 11.3 Å². The van der Waals surface area contributed by atoms with E-state index in [1.807, 2.05) is 18.2 Å². The molecular formula is C11H15N3. The molecular weight excluding hydrogens is 174 g/mol. The molecule has 0 aliphatic rings. The van der Waals surface area contributed by atoms with E-state index < -0.39 is 0 Å². The summed E-state index contributed by atoms with van der Waals surface area (Å²) >= 11 is 0. The minimum atomic E-state index is 0.281. The van der Waals surface area contributed by atoms with E-state index in [1.54, 1.807) is 6.07 Å². The van der Waals surface area contributed by atoms with E-state index in [-0.39, 0.29) is 6.04 Å². The van der Waals surface area contributed by atoms with Gasteiger partial charge in [0.2, 0.25) is 0 Å². The van der Waals surface area contributed by atoms with E-state index in [2.05, 4.69) is 18.3 Å². The van der Waals surface area contributed by atoms with Gasteiger partial charge in [-0.2, -0.15) is 5.26 Å². The van der Waals surface area contributed by atoms with Crippen LogP contribution in [0.15, 0.2) is 24.3 Å². The zero-order chi connectivity index (χ0) is 10.4.